The van der Waals surface area contributed by atoms with Gasteiger partial charge < -0.3 is 15.4 Å². The van der Waals surface area contributed by atoms with Crippen molar-refractivity contribution in [3.05, 3.63) is 39.9 Å². The van der Waals surface area contributed by atoms with Crippen LogP contribution in [0.3, 0.4) is 0 Å². The van der Waals surface area contributed by atoms with E-state index >= 15 is 0 Å². The molecule has 2 N–H and O–H groups in total. The number of ether oxygens (including phenoxy) is 1. The van der Waals surface area contributed by atoms with E-state index in [2.05, 4.69) is 10.6 Å². The molecule has 0 fully saturated rings. The van der Waals surface area contributed by atoms with E-state index in [1.54, 1.807) is 19.2 Å². The fourth-order valence-corrected chi connectivity index (χ4v) is 2.05. The van der Waals surface area contributed by atoms with E-state index in [4.69, 9.17) is 4.74 Å². The predicted molar refractivity (Wildman–Crippen MR) is 84.0 cm³/mol. The summed E-state index contributed by atoms with van der Waals surface area (Å²) in [5, 5.41) is 16.3. The zero-order valence-corrected chi connectivity index (χ0v) is 13.2. The lowest BCUT2D eigenvalue weighted by Crippen LogP contribution is -2.33. The number of amides is 1. The molecule has 1 amide bonds. The van der Waals surface area contributed by atoms with Gasteiger partial charge in [-0.05, 0) is 32.9 Å². The number of ketones is 1. The zero-order chi connectivity index (χ0) is 17.2. The average molecular weight is 323 g/mol. The third-order valence-corrected chi connectivity index (χ3v) is 3.33. The van der Waals surface area contributed by atoms with Crippen molar-refractivity contribution in [1.82, 2.24) is 10.6 Å². The number of likely N-dealkylation sites (N-methyl/N-ethyl adjacent to an activating group) is 1. The molecule has 1 aromatic carbocycles. The second kappa shape index (κ2) is 9.52. The van der Waals surface area contributed by atoms with Crippen LogP contribution >= 0.6 is 0 Å². The lowest BCUT2D eigenvalue weighted by Gasteiger charge is -2.12. The van der Waals surface area contributed by atoms with Gasteiger partial charge in [-0.2, -0.15) is 0 Å². The van der Waals surface area contributed by atoms with E-state index in [1.165, 1.54) is 19.1 Å². The fourth-order valence-electron chi connectivity index (χ4n) is 2.05. The smallest absolute Gasteiger partial charge is 0.407 e. The topological polar surface area (TPSA) is 111 Å². The molecule has 1 rings (SSSR count). The third kappa shape index (κ3) is 6.43. The molecule has 8 heteroatoms. The Morgan fingerprint density at radius 3 is 2.65 bits per heavy atom. The van der Waals surface area contributed by atoms with E-state index in [0.29, 0.717) is 24.9 Å². The minimum absolute atomic E-state index is 0.0477. The maximum atomic E-state index is 11.6. The second-order valence-corrected chi connectivity index (χ2v) is 4.98. The van der Waals surface area contributed by atoms with Crippen LogP contribution < -0.4 is 10.6 Å². The van der Waals surface area contributed by atoms with Gasteiger partial charge in [0.1, 0.15) is 12.4 Å². The van der Waals surface area contributed by atoms with Crippen LogP contribution in [0.2, 0.25) is 0 Å². The molecule has 1 atom stereocenters. The molecule has 0 radical (unpaired) electrons. The molecule has 0 bridgehead atoms. The Morgan fingerprint density at radius 1 is 1.35 bits per heavy atom. The van der Waals surface area contributed by atoms with E-state index in [9.17, 15) is 19.7 Å². The lowest BCUT2D eigenvalue weighted by atomic mass is 10.1. The highest BCUT2D eigenvalue weighted by molar-refractivity contribution is 5.81. The van der Waals surface area contributed by atoms with Crippen molar-refractivity contribution in [3.63, 3.8) is 0 Å². The number of benzene rings is 1. The van der Waals surface area contributed by atoms with E-state index < -0.39 is 11.0 Å². The summed E-state index contributed by atoms with van der Waals surface area (Å²) in [6.45, 7) is 1.70. The summed E-state index contributed by atoms with van der Waals surface area (Å²) in [6.07, 6.45) is 0.578. The Labute approximate surface area is 134 Å². The normalized spacial score (nSPS) is 11.6. The number of Topliss-reactive ketones (excluding diaryl/α,β-unsaturated/α-hetero) is 1. The van der Waals surface area contributed by atoms with Gasteiger partial charge in [0.25, 0.3) is 5.69 Å². The van der Waals surface area contributed by atoms with Crippen molar-refractivity contribution < 1.29 is 19.2 Å². The molecule has 0 heterocycles. The molecule has 8 nitrogen and oxygen atoms in total. The maximum absolute atomic E-state index is 11.6. The average Bonchev–Trinajstić information content (AvgIpc) is 2.52. The van der Waals surface area contributed by atoms with Crippen molar-refractivity contribution in [2.75, 3.05) is 13.6 Å². The van der Waals surface area contributed by atoms with Crippen LogP contribution in [-0.2, 0) is 16.1 Å². The molecule has 0 aliphatic heterocycles. The molecule has 0 saturated heterocycles. The number of para-hydroxylation sites is 1. The third-order valence-electron chi connectivity index (χ3n) is 3.33. The number of nitro groups is 1. The standard InChI is InChI=1S/C15H21N3O5/c1-11(19)13(16-2)7-5-9-17-15(20)23-10-12-6-3-4-8-14(12)18(21)22/h3-4,6,8,13,16H,5,7,9-10H2,1-2H3,(H,17,20)/t13-/m0/s1. The summed E-state index contributed by atoms with van der Waals surface area (Å²) in [5.41, 5.74) is 0.248. The van der Waals surface area contributed by atoms with Gasteiger partial charge in [-0.25, -0.2) is 4.79 Å². The molecule has 0 aromatic heterocycles. The van der Waals surface area contributed by atoms with Crippen LogP contribution in [0.15, 0.2) is 24.3 Å². The minimum atomic E-state index is -0.646. The molecule has 1 aromatic rings. The molecular formula is C15H21N3O5. The van der Waals surface area contributed by atoms with Crippen LogP contribution in [0.5, 0.6) is 0 Å². The van der Waals surface area contributed by atoms with Crippen molar-refractivity contribution in [2.45, 2.75) is 32.4 Å². The molecule has 0 unspecified atom stereocenters. The number of alkyl carbamates (subject to hydrolysis) is 1. The Kier molecular flexibility index (Phi) is 7.69. The van der Waals surface area contributed by atoms with Crippen LogP contribution in [-0.4, -0.2) is 36.4 Å². The first-order chi connectivity index (χ1) is 11.0. The summed E-state index contributed by atoms with van der Waals surface area (Å²) < 4.78 is 4.96. The predicted octanol–water partition coefficient (Wildman–Crippen LogP) is 1.78. The van der Waals surface area contributed by atoms with Crippen molar-refractivity contribution in [2.24, 2.45) is 0 Å². The van der Waals surface area contributed by atoms with Gasteiger partial charge in [-0.3, -0.25) is 14.9 Å². The molecule has 0 spiro atoms. The number of nitro benzene ring substituents is 1. The lowest BCUT2D eigenvalue weighted by molar-refractivity contribution is -0.385. The Hall–Kier alpha value is -2.48. The number of nitrogens with zero attached hydrogens (tertiary/aromatic N) is 1. The largest absolute Gasteiger partial charge is 0.444 e. The van der Waals surface area contributed by atoms with Crippen molar-refractivity contribution in [3.8, 4) is 0 Å². The molecular weight excluding hydrogens is 302 g/mol. The summed E-state index contributed by atoms with van der Waals surface area (Å²) in [4.78, 5) is 33.1. The number of carbonyl (C=O) groups is 2. The van der Waals surface area contributed by atoms with Crippen LogP contribution in [0, 0.1) is 10.1 Å². The Morgan fingerprint density at radius 2 is 2.04 bits per heavy atom. The van der Waals surface area contributed by atoms with Gasteiger partial charge in [0.2, 0.25) is 0 Å². The minimum Gasteiger partial charge on any atom is -0.444 e. The number of carbonyl (C=O) groups excluding carboxylic acids is 2. The number of nitrogens with one attached hydrogen (secondary N) is 2. The SMILES string of the molecule is CN[C@@H](CCCNC(=O)OCc1ccccc1[N+](=O)[O-])C(C)=O. The first-order valence-electron chi connectivity index (χ1n) is 7.26. The highest BCUT2D eigenvalue weighted by Crippen LogP contribution is 2.18. The van der Waals surface area contributed by atoms with Gasteiger partial charge in [0.05, 0.1) is 16.5 Å². The van der Waals surface area contributed by atoms with Gasteiger partial charge in [0.15, 0.2) is 0 Å². The molecule has 23 heavy (non-hydrogen) atoms. The van der Waals surface area contributed by atoms with Gasteiger partial charge in [-0.15, -0.1) is 0 Å². The number of hydrogen-bond acceptors (Lipinski definition) is 6. The van der Waals surface area contributed by atoms with Crippen molar-refractivity contribution >= 4 is 17.6 Å². The summed E-state index contributed by atoms with van der Waals surface area (Å²) in [7, 11) is 1.71. The molecule has 0 saturated carbocycles. The first kappa shape index (κ1) is 18.6. The Balaban J connectivity index is 2.33. The summed E-state index contributed by atoms with van der Waals surface area (Å²) in [6, 6.07) is 5.87. The van der Waals surface area contributed by atoms with Gasteiger partial charge in [0, 0.05) is 12.6 Å². The summed E-state index contributed by atoms with van der Waals surface area (Å²) >= 11 is 0. The highest BCUT2D eigenvalue weighted by Gasteiger charge is 2.14. The monoisotopic (exact) mass is 323 g/mol. The van der Waals surface area contributed by atoms with Crippen LogP contribution in [0.4, 0.5) is 10.5 Å². The van der Waals surface area contributed by atoms with E-state index in [0.717, 1.165) is 0 Å². The van der Waals surface area contributed by atoms with E-state index in [1.807, 2.05) is 0 Å². The number of rotatable bonds is 9. The van der Waals surface area contributed by atoms with Crippen molar-refractivity contribution in [1.29, 1.82) is 0 Å². The highest BCUT2D eigenvalue weighted by atomic mass is 16.6. The van der Waals surface area contributed by atoms with E-state index in [-0.39, 0.29) is 24.1 Å². The van der Waals surface area contributed by atoms with Gasteiger partial charge in [-0.1, -0.05) is 12.1 Å². The fraction of sp³-hybridized carbons (Fsp3) is 0.467. The Bertz CT molecular complexity index is 562. The number of hydrogen-bond donors (Lipinski definition) is 2. The summed E-state index contributed by atoms with van der Waals surface area (Å²) in [5.74, 6) is 0.0477. The van der Waals surface area contributed by atoms with Crippen LogP contribution in [0.25, 0.3) is 0 Å². The quantitative estimate of drug-likeness (QED) is 0.407. The first-order valence-corrected chi connectivity index (χ1v) is 7.26. The van der Waals surface area contributed by atoms with Crippen LogP contribution in [0.1, 0.15) is 25.3 Å². The molecule has 0 aliphatic rings. The zero-order valence-electron chi connectivity index (χ0n) is 13.2. The molecule has 0 aliphatic carbocycles. The maximum Gasteiger partial charge on any atom is 0.407 e. The molecule has 126 valence electrons. The van der Waals surface area contributed by atoms with Gasteiger partial charge >= 0.3 is 6.09 Å². The second-order valence-electron chi connectivity index (χ2n) is 4.98.